The van der Waals surface area contributed by atoms with Crippen LogP contribution in [0.1, 0.15) is 47.7 Å². The number of carbonyl (C=O) groups excluding carboxylic acids is 1. The Morgan fingerprint density at radius 2 is 2.00 bits per heavy atom. The molecule has 0 N–H and O–H groups in total. The van der Waals surface area contributed by atoms with Crippen molar-refractivity contribution in [3.05, 3.63) is 34.9 Å². The number of rotatable bonds is 2. The van der Waals surface area contributed by atoms with Crippen LogP contribution in [-0.4, -0.2) is 18.0 Å². The summed E-state index contributed by atoms with van der Waals surface area (Å²) in [6.07, 6.45) is -1.99. The van der Waals surface area contributed by atoms with E-state index in [1.54, 1.807) is 6.92 Å². The number of ether oxygens (including phenoxy) is 1. The molecular formula is C15H17F3O2. The first-order valence-electron chi connectivity index (χ1n) is 6.61. The summed E-state index contributed by atoms with van der Waals surface area (Å²) in [5.74, 6) is -0.233. The fourth-order valence-corrected chi connectivity index (χ4v) is 2.49. The third-order valence-electron chi connectivity index (χ3n) is 3.75. The summed E-state index contributed by atoms with van der Waals surface area (Å²) in [4.78, 5) is 12.5. The van der Waals surface area contributed by atoms with Crippen molar-refractivity contribution >= 4 is 5.78 Å². The third-order valence-corrected chi connectivity index (χ3v) is 3.75. The van der Waals surface area contributed by atoms with Crippen LogP contribution in [0.4, 0.5) is 13.2 Å². The monoisotopic (exact) mass is 286 g/mol. The Balaban J connectivity index is 2.31. The van der Waals surface area contributed by atoms with Gasteiger partial charge in [-0.3, -0.25) is 4.79 Å². The molecule has 1 heterocycles. The summed E-state index contributed by atoms with van der Waals surface area (Å²) in [5.41, 5.74) is -1.01. The average Bonchev–Trinajstić information content (AvgIpc) is 2.37. The molecule has 110 valence electrons. The molecule has 1 saturated heterocycles. The van der Waals surface area contributed by atoms with Crippen molar-refractivity contribution in [3.63, 3.8) is 0 Å². The SMILES string of the molecule is Cc1cc(C(F)(F)F)ccc1C(=O)C1(C)CCCCO1. The largest absolute Gasteiger partial charge is 0.416 e. The molecule has 0 aliphatic carbocycles. The van der Waals surface area contributed by atoms with Gasteiger partial charge in [0.1, 0.15) is 5.60 Å². The van der Waals surface area contributed by atoms with E-state index < -0.39 is 17.3 Å². The zero-order valence-electron chi connectivity index (χ0n) is 11.5. The van der Waals surface area contributed by atoms with Gasteiger partial charge in [-0.1, -0.05) is 6.07 Å². The van der Waals surface area contributed by atoms with E-state index in [1.165, 1.54) is 13.0 Å². The summed E-state index contributed by atoms with van der Waals surface area (Å²) >= 11 is 0. The van der Waals surface area contributed by atoms with Crippen molar-refractivity contribution in [2.24, 2.45) is 0 Å². The molecule has 0 aromatic heterocycles. The number of ketones is 1. The molecule has 0 saturated carbocycles. The van der Waals surface area contributed by atoms with Gasteiger partial charge in [0, 0.05) is 12.2 Å². The van der Waals surface area contributed by atoms with Crippen molar-refractivity contribution in [3.8, 4) is 0 Å². The van der Waals surface area contributed by atoms with Crippen molar-refractivity contribution in [1.82, 2.24) is 0 Å². The second-order valence-electron chi connectivity index (χ2n) is 5.39. The number of aryl methyl sites for hydroxylation is 1. The number of benzene rings is 1. The van der Waals surface area contributed by atoms with E-state index in [1.807, 2.05) is 0 Å². The standard InChI is InChI=1S/C15H17F3O2/c1-10-9-11(15(16,17)18)5-6-12(10)13(19)14(2)7-3-4-8-20-14/h5-6,9H,3-4,7-8H2,1-2H3. The van der Waals surface area contributed by atoms with Gasteiger partial charge in [0.15, 0.2) is 5.78 Å². The third kappa shape index (κ3) is 2.87. The number of hydrogen-bond donors (Lipinski definition) is 0. The van der Waals surface area contributed by atoms with Crippen molar-refractivity contribution in [1.29, 1.82) is 0 Å². The van der Waals surface area contributed by atoms with E-state index in [0.717, 1.165) is 25.0 Å². The van der Waals surface area contributed by atoms with Gasteiger partial charge in [-0.25, -0.2) is 0 Å². The molecule has 1 aliphatic heterocycles. The van der Waals surface area contributed by atoms with Crippen molar-refractivity contribution < 1.29 is 22.7 Å². The van der Waals surface area contributed by atoms with Gasteiger partial charge in [-0.05, 0) is 50.8 Å². The van der Waals surface area contributed by atoms with Crippen molar-refractivity contribution in [2.45, 2.75) is 44.9 Å². The summed E-state index contributed by atoms with van der Waals surface area (Å²) in [6.45, 7) is 3.75. The molecule has 1 unspecified atom stereocenters. The van der Waals surface area contributed by atoms with Gasteiger partial charge in [-0.2, -0.15) is 13.2 Å². The maximum Gasteiger partial charge on any atom is 0.416 e. The molecule has 1 atom stereocenters. The highest BCUT2D eigenvalue weighted by Gasteiger charge is 2.38. The number of Topliss-reactive ketones (excluding diaryl/α,β-unsaturated/α-hetero) is 1. The van der Waals surface area contributed by atoms with E-state index in [0.29, 0.717) is 24.2 Å². The Labute approximate surface area is 115 Å². The highest BCUT2D eigenvalue weighted by Crippen LogP contribution is 2.33. The van der Waals surface area contributed by atoms with Crippen LogP contribution in [0.2, 0.25) is 0 Å². The first-order chi connectivity index (χ1) is 9.24. The van der Waals surface area contributed by atoms with Gasteiger partial charge in [0.05, 0.1) is 5.56 Å². The van der Waals surface area contributed by atoms with Gasteiger partial charge in [-0.15, -0.1) is 0 Å². The molecule has 2 nitrogen and oxygen atoms in total. The molecule has 5 heteroatoms. The summed E-state index contributed by atoms with van der Waals surface area (Å²) in [6, 6.07) is 3.22. The molecule has 20 heavy (non-hydrogen) atoms. The van der Waals surface area contributed by atoms with Gasteiger partial charge < -0.3 is 4.74 Å². The fraction of sp³-hybridized carbons (Fsp3) is 0.533. The Kier molecular flexibility index (Phi) is 3.91. The molecule has 1 aromatic rings. The zero-order chi connectivity index (χ0) is 15.0. The zero-order valence-corrected chi connectivity index (χ0v) is 11.5. The van der Waals surface area contributed by atoms with Gasteiger partial charge in [0.2, 0.25) is 0 Å². The van der Waals surface area contributed by atoms with E-state index in [9.17, 15) is 18.0 Å². The lowest BCUT2D eigenvalue weighted by molar-refractivity contribution is -0.137. The normalized spacial score (nSPS) is 23.6. The van der Waals surface area contributed by atoms with Crippen LogP contribution < -0.4 is 0 Å². The minimum atomic E-state index is -4.39. The highest BCUT2D eigenvalue weighted by molar-refractivity contribution is 6.03. The predicted octanol–water partition coefficient (Wildman–Crippen LogP) is 4.16. The average molecular weight is 286 g/mol. The molecule has 1 fully saturated rings. The Morgan fingerprint density at radius 3 is 2.50 bits per heavy atom. The molecule has 0 spiro atoms. The van der Waals surface area contributed by atoms with Crippen LogP contribution in [-0.2, 0) is 10.9 Å². The summed E-state index contributed by atoms with van der Waals surface area (Å²) in [5, 5.41) is 0. The smallest absolute Gasteiger partial charge is 0.367 e. The molecule has 0 bridgehead atoms. The summed E-state index contributed by atoms with van der Waals surface area (Å²) < 4.78 is 43.4. The number of carbonyl (C=O) groups is 1. The molecule has 1 aromatic carbocycles. The van der Waals surface area contributed by atoms with Crippen molar-refractivity contribution in [2.75, 3.05) is 6.61 Å². The first kappa shape index (κ1) is 15.0. The molecule has 1 aliphatic rings. The Morgan fingerprint density at radius 1 is 1.30 bits per heavy atom. The van der Waals surface area contributed by atoms with Crippen LogP contribution in [0.15, 0.2) is 18.2 Å². The number of alkyl halides is 3. The second kappa shape index (κ2) is 5.20. The van der Waals surface area contributed by atoms with E-state index in [4.69, 9.17) is 4.74 Å². The number of halogens is 3. The first-order valence-corrected chi connectivity index (χ1v) is 6.61. The van der Waals surface area contributed by atoms with Crippen LogP contribution in [0, 0.1) is 6.92 Å². The molecule has 2 rings (SSSR count). The highest BCUT2D eigenvalue weighted by atomic mass is 19.4. The molecule has 0 amide bonds. The maximum absolute atomic E-state index is 12.6. The van der Waals surface area contributed by atoms with Gasteiger partial charge >= 0.3 is 6.18 Å². The second-order valence-corrected chi connectivity index (χ2v) is 5.39. The van der Waals surface area contributed by atoms with E-state index in [2.05, 4.69) is 0 Å². The minimum absolute atomic E-state index is 0.233. The lowest BCUT2D eigenvalue weighted by atomic mass is 9.86. The van der Waals surface area contributed by atoms with E-state index >= 15 is 0 Å². The van der Waals surface area contributed by atoms with Gasteiger partial charge in [0.25, 0.3) is 0 Å². The Bertz CT molecular complexity index is 514. The van der Waals surface area contributed by atoms with Crippen LogP contribution in [0.5, 0.6) is 0 Å². The molecule has 0 radical (unpaired) electrons. The van der Waals surface area contributed by atoms with Crippen LogP contribution in [0.3, 0.4) is 0 Å². The quantitative estimate of drug-likeness (QED) is 0.763. The van der Waals surface area contributed by atoms with Crippen LogP contribution >= 0.6 is 0 Å². The fourth-order valence-electron chi connectivity index (χ4n) is 2.49. The predicted molar refractivity (Wildman–Crippen MR) is 68.7 cm³/mol. The maximum atomic E-state index is 12.6. The van der Waals surface area contributed by atoms with Crippen LogP contribution in [0.25, 0.3) is 0 Å². The topological polar surface area (TPSA) is 26.3 Å². The lowest BCUT2D eigenvalue weighted by Gasteiger charge is -2.32. The van der Waals surface area contributed by atoms with E-state index in [-0.39, 0.29) is 5.78 Å². The number of hydrogen-bond acceptors (Lipinski definition) is 2. The lowest BCUT2D eigenvalue weighted by Crippen LogP contribution is -2.41. The molecular weight excluding hydrogens is 269 g/mol. The summed E-state index contributed by atoms with van der Waals surface area (Å²) in [7, 11) is 0. The Hall–Kier alpha value is -1.36. The minimum Gasteiger partial charge on any atom is -0.367 e.